The quantitative estimate of drug-likeness (QED) is 0.434. The number of aromatic nitrogens is 2. The lowest BCUT2D eigenvalue weighted by atomic mass is 11.5. The molecule has 3 heteroatoms. The molecule has 1 aromatic rings. The van der Waals surface area contributed by atoms with Crippen molar-refractivity contribution in [2.75, 3.05) is 0 Å². The molecule has 0 aliphatic heterocycles. The predicted octanol–water partition coefficient (Wildman–Crippen LogP) is 0.0696. The van der Waals surface area contributed by atoms with Crippen LogP contribution >= 0.6 is 0 Å². The zero-order valence-electron chi connectivity index (χ0n) is 3.38. The van der Waals surface area contributed by atoms with Crippen molar-refractivity contribution in [3.8, 4) is 0 Å². The van der Waals surface area contributed by atoms with E-state index in [1.807, 2.05) is 0 Å². The first-order chi connectivity index (χ1) is 2.89. The highest BCUT2D eigenvalue weighted by molar-refractivity contribution is 4.29. The van der Waals surface area contributed by atoms with E-state index in [1.54, 1.807) is 0 Å². The first-order valence-corrected chi connectivity index (χ1v) is 1.12. The molecule has 0 unspecified atom stereocenters. The highest BCUT2D eigenvalue weighted by Gasteiger charge is 1.60. The normalized spacial score (nSPS) is 10.8. The molecule has 0 bridgehead atoms. The lowest BCUT2D eigenvalue weighted by molar-refractivity contribution is 0.553. The molecule has 0 amide bonds. The van der Waals surface area contributed by atoms with Gasteiger partial charge < -0.3 is 4.42 Å². The summed E-state index contributed by atoms with van der Waals surface area (Å²) in [7, 11) is 0. The first kappa shape index (κ1) is 1.55. The lowest BCUT2D eigenvalue weighted by Crippen LogP contribution is -1.53. The molecule has 0 saturated heterocycles. The molecule has 1 aromatic heterocycles. The van der Waals surface area contributed by atoms with Gasteiger partial charge in [-0.25, -0.2) is 0 Å². The van der Waals surface area contributed by atoms with Gasteiger partial charge in [0.2, 0.25) is 12.8 Å². The Morgan fingerprint density at radius 2 is 2.80 bits per heavy atom. The Hall–Kier alpha value is -0.860. The molecule has 1 heterocycles. The summed E-state index contributed by atoms with van der Waals surface area (Å²) in [6.45, 7) is 0. The molecule has 0 N–H and O–H groups in total. The lowest BCUT2D eigenvalue weighted by Gasteiger charge is -1.44. The van der Waals surface area contributed by atoms with Crippen molar-refractivity contribution >= 4 is 0 Å². The van der Waals surface area contributed by atoms with E-state index in [1.165, 1.54) is 0 Å². The monoisotopic (exact) mass is 71.0 g/mol. The van der Waals surface area contributed by atoms with E-state index in [-0.39, 0.29) is 6.37 Å². The van der Waals surface area contributed by atoms with Crippen LogP contribution in [0.15, 0.2) is 17.2 Å². The van der Waals surface area contributed by atoms with Crippen LogP contribution in [0.25, 0.3) is 0 Å². The third-order valence-corrected chi connectivity index (χ3v) is 0.251. The van der Waals surface area contributed by atoms with Crippen LogP contribution in [-0.4, -0.2) is 10.2 Å². The molecule has 5 heavy (non-hydrogen) atoms. The highest BCUT2D eigenvalue weighted by Crippen LogP contribution is 1.64. The van der Waals surface area contributed by atoms with Gasteiger partial charge in [0.25, 0.3) is 0 Å². The Bertz CT molecular complexity index is 115. The Balaban J connectivity index is 3.05. The van der Waals surface area contributed by atoms with Gasteiger partial charge in [-0.3, -0.25) is 0 Å². The van der Waals surface area contributed by atoms with E-state index in [2.05, 4.69) is 14.6 Å². The van der Waals surface area contributed by atoms with Crippen molar-refractivity contribution in [1.82, 2.24) is 10.2 Å². The molecule has 0 atom stereocenters. The summed E-state index contributed by atoms with van der Waals surface area (Å²) in [5.74, 6) is 0. The maximum atomic E-state index is 6.53. The molecule has 0 aromatic carbocycles. The van der Waals surface area contributed by atoms with Crippen LogP contribution in [-0.2, 0) is 0 Å². The van der Waals surface area contributed by atoms with Crippen molar-refractivity contribution < 1.29 is 5.79 Å². The average molecular weight is 71.1 g/mol. The Labute approximate surface area is 30.0 Å². The maximum Gasteiger partial charge on any atom is 0.203 e. The van der Waals surface area contributed by atoms with Crippen molar-refractivity contribution in [2.24, 2.45) is 0 Å². The SMILES string of the molecule is [2H]c1nnco1. The Morgan fingerprint density at radius 1 is 1.80 bits per heavy atom. The Kier molecular flexibility index (Phi) is 0.259. The number of hydrogen-bond donors (Lipinski definition) is 0. The topological polar surface area (TPSA) is 38.9 Å². The molecule has 0 aliphatic carbocycles. The molecular formula is C2H2N2O. The summed E-state index contributed by atoms with van der Waals surface area (Å²) in [6, 6.07) is 0. The van der Waals surface area contributed by atoms with Crippen molar-refractivity contribution in [2.45, 2.75) is 0 Å². The van der Waals surface area contributed by atoms with Gasteiger partial charge in [0, 0.05) is 0 Å². The number of nitrogens with zero attached hydrogens (tertiary/aromatic N) is 2. The van der Waals surface area contributed by atoms with Crippen LogP contribution in [0, 0.1) is 0 Å². The zero-order chi connectivity index (χ0) is 4.41. The molecule has 0 saturated carbocycles. The second kappa shape index (κ2) is 0.839. The van der Waals surface area contributed by atoms with Crippen LogP contribution in [0.2, 0.25) is 0 Å². The molecule has 0 fully saturated rings. The first-order valence-electron chi connectivity index (χ1n) is 1.62. The minimum absolute atomic E-state index is 0.144. The van der Waals surface area contributed by atoms with Crippen molar-refractivity contribution in [1.29, 1.82) is 0 Å². The fourth-order valence-electron chi connectivity index (χ4n) is 0.118. The van der Waals surface area contributed by atoms with Crippen molar-refractivity contribution in [3.05, 3.63) is 12.8 Å². The number of hydrogen-bond acceptors (Lipinski definition) is 3. The number of rotatable bonds is 0. The van der Waals surface area contributed by atoms with Crippen LogP contribution in [0.4, 0.5) is 0 Å². The minimum atomic E-state index is -0.144. The summed E-state index contributed by atoms with van der Waals surface area (Å²) >= 11 is 0. The van der Waals surface area contributed by atoms with E-state index >= 15 is 0 Å². The summed E-state index contributed by atoms with van der Waals surface area (Å²) < 4.78 is 10.8. The maximum absolute atomic E-state index is 6.53. The summed E-state index contributed by atoms with van der Waals surface area (Å²) in [5, 5.41) is 6.38. The van der Waals surface area contributed by atoms with Gasteiger partial charge in [-0.2, -0.15) is 0 Å². The summed E-state index contributed by atoms with van der Waals surface area (Å²) in [5.41, 5.74) is 0. The Morgan fingerprint density at radius 3 is 3.00 bits per heavy atom. The highest BCUT2D eigenvalue weighted by atomic mass is 16.3. The largest absolute Gasteiger partial charge is 0.431 e. The third kappa shape index (κ3) is 0.238. The fourth-order valence-corrected chi connectivity index (χ4v) is 0.118. The van der Waals surface area contributed by atoms with Gasteiger partial charge in [0.15, 0.2) is 0 Å². The second-order valence-electron chi connectivity index (χ2n) is 0.530. The molecule has 26 valence electrons. The van der Waals surface area contributed by atoms with E-state index in [0.29, 0.717) is 0 Å². The van der Waals surface area contributed by atoms with E-state index in [9.17, 15) is 0 Å². The van der Waals surface area contributed by atoms with Crippen LogP contribution in [0.5, 0.6) is 0 Å². The predicted molar refractivity (Wildman–Crippen MR) is 14.3 cm³/mol. The van der Waals surface area contributed by atoms with E-state index in [0.717, 1.165) is 6.39 Å². The fraction of sp³-hybridized carbons (Fsp3) is 0. The molecule has 0 aliphatic rings. The molecule has 3 nitrogen and oxygen atoms in total. The zero-order valence-corrected chi connectivity index (χ0v) is 2.38. The minimum Gasteiger partial charge on any atom is -0.431 e. The molecule has 0 radical (unpaired) electrons. The van der Waals surface area contributed by atoms with Crippen LogP contribution in [0.3, 0.4) is 0 Å². The molecule has 1 rings (SSSR count). The van der Waals surface area contributed by atoms with Gasteiger partial charge >= 0.3 is 0 Å². The van der Waals surface area contributed by atoms with Crippen molar-refractivity contribution in [3.63, 3.8) is 0 Å². The van der Waals surface area contributed by atoms with Crippen LogP contribution in [0.1, 0.15) is 1.37 Å². The smallest absolute Gasteiger partial charge is 0.203 e. The van der Waals surface area contributed by atoms with Gasteiger partial charge in [0.05, 0.1) is 0 Å². The average Bonchev–Trinajstić information content (AvgIpc) is 1.86. The van der Waals surface area contributed by atoms with Gasteiger partial charge in [-0.15, -0.1) is 10.2 Å². The van der Waals surface area contributed by atoms with Crippen LogP contribution < -0.4 is 0 Å². The molecular weight excluding hydrogens is 68.0 g/mol. The third-order valence-electron chi connectivity index (χ3n) is 0.251. The standard InChI is InChI=1S/C2H2N2O/c1-3-4-2-5-1/h1-2H/i1D. The van der Waals surface area contributed by atoms with E-state index < -0.39 is 0 Å². The van der Waals surface area contributed by atoms with Gasteiger partial charge in [0.1, 0.15) is 1.37 Å². The summed E-state index contributed by atoms with van der Waals surface area (Å²) in [6.07, 6.45) is 0.970. The van der Waals surface area contributed by atoms with E-state index in [4.69, 9.17) is 1.37 Å². The summed E-state index contributed by atoms with van der Waals surface area (Å²) in [4.78, 5) is 0. The molecule has 0 spiro atoms. The second-order valence-corrected chi connectivity index (χ2v) is 0.530. The van der Waals surface area contributed by atoms with Gasteiger partial charge in [-0.05, 0) is 0 Å². The van der Waals surface area contributed by atoms with Gasteiger partial charge in [-0.1, -0.05) is 0 Å².